The van der Waals surface area contributed by atoms with Gasteiger partial charge in [0.25, 0.3) is 0 Å². The Morgan fingerprint density at radius 1 is 0.762 bits per heavy atom. The molecule has 1 aromatic carbocycles. The fourth-order valence-electron chi connectivity index (χ4n) is 4.66. The number of esters is 2. The van der Waals surface area contributed by atoms with Crippen LogP contribution in [0.25, 0.3) is 0 Å². The van der Waals surface area contributed by atoms with E-state index in [2.05, 4.69) is 12.2 Å². The number of nitrogens with one attached hydrogen (secondary N) is 1. The Kier molecular flexibility index (Phi) is 22.2. The molecule has 1 rings (SSSR count). The topological polar surface area (TPSA) is 111 Å². The molecule has 0 radical (unpaired) electrons. The molecule has 1 aromatic rings. The van der Waals surface area contributed by atoms with Crippen molar-refractivity contribution >= 4 is 18.0 Å². The smallest absolute Gasteiger partial charge is 0.408 e. The van der Waals surface area contributed by atoms with Gasteiger partial charge in [0.2, 0.25) is 0 Å². The van der Waals surface area contributed by atoms with Crippen LogP contribution >= 0.6 is 0 Å². The van der Waals surface area contributed by atoms with Crippen LogP contribution in [-0.2, 0) is 30.4 Å². The monoisotopic (exact) mass is 591 g/mol. The normalized spacial score (nSPS) is 12.5. The van der Waals surface area contributed by atoms with Crippen molar-refractivity contribution in [1.29, 1.82) is 0 Å². The van der Waals surface area contributed by atoms with E-state index < -0.39 is 36.8 Å². The second-order valence-corrected chi connectivity index (χ2v) is 11.6. The number of amides is 1. The van der Waals surface area contributed by atoms with Gasteiger partial charge < -0.3 is 24.6 Å². The third kappa shape index (κ3) is 19.5. The zero-order chi connectivity index (χ0) is 30.8. The van der Waals surface area contributed by atoms with Crippen LogP contribution in [0.1, 0.15) is 129 Å². The summed E-state index contributed by atoms with van der Waals surface area (Å²) in [5.41, 5.74) is 0.827. The molecular weight excluding hydrogens is 534 g/mol. The van der Waals surface area contributed by atoms with E-state index in [1.165, 1.54) is 77.0 Å². The zero-order valence-electron chi connectivity index (χ0n) is 26.5. The largest absolute Gasteiger partial charge is 0.460 e. The van der Waals surface area contributed by atoms with E-state index in [1.807, 2.05) is 30.3 Å². The van der Waals surface area contributed by atoms with Gasteiger partial charge in [0.05, 0.1) is 6.61 Å². The van der Waals surface area contributed by atoms with Crippen LogP contribution < -0.4 is 5.32 Å². The van der Waals surface area contributed by atoms with Gasteiger partial charge >= 0.3 is 18.0 Å². The van der Waals surface area contributed by atoms with Crippen molar-refractivity contribution < 1.29 is 33.7 Å². The van der Waals surface area contributed by atoms with E-state index in [4.69, 9.17) is 14.2 Å². The number of aliphatic hydroxyl groups is 1. The van der Waals surface area contributed by atoms with Crippen molar-refractivity contribution in [2.45, 2.75) is 142 Å². The lowest BCUT2D eigenvalue weighted by atomic mass is 10.0. The minimum absolute atomic E-state index is 0.0778. The number of ether oxygens (including phenoxy) is 3. The molecule has 240 valence electrons. The average Bonchev–Trinajstić information content (AvgIpc) is 2.99. The maximum atomic E-state index is 12.6. The molecule has 0 aliphatic heterocycles. The van der Waals surface area contributed by atoms with Crippen molar-refractivity contribution in [2.75, 3.05) is 13.2 Å². The van der Waals surface area contributed by atoms with Crippen LogP contribution in [-0.4, -0.2) is 48.5 Å². The predicted octanol–water partition coefficient (Wildman–Crippen LogP) is 7.65. The van der Waals surface area contributed by atoms with Gasteiger partial charge in [-0.3, -0.25) is 4.79 Å². The molecule has 0 saturated carbocycles. The minimum atomic E-state index is -0.948. The van der Waals surface area contributed by atoms with Crippen molar-refractivity contribution in [3.05, 3.63) is 35.9 Å². The molecule has 8 nitrogen and oxygen atoms in total. The summed E-state index contributed by atoms with van der Waals surface area (Å²) in [6.07, 6.45) is 17.4. The Balaban J connectivity index is 2.14. The third-order valence-corrected chi connectivity index (χ3v) is 7.30. The first-order chi connectivity index (χ1) is 20.4. The molecule has 1 unspecified atom stereocenters. The number of unbranched alkanes of at least 4 members (excludes halogenated alkanes) is 14. The summed E-state index contributed by atoms with van der Waals surface area (Å²) in [6.45, 7) is 5.12. The second kappa shape index (κ2) is 24.9. The SMILES string of the molecule is CCCCCCCCCCCCCCCCCC(=O)OC(CO)COC(=O)[C@H](NC(=O)OCc1ccccc1)C(C)C. The van der Waals surface area contributed by atoms with Crippen LogP contribution in [0.15, 0.2) is 30.3 Å². The van der Waals surface area contributed by atoms with E-state index in [-0.39, 0.29) is 25.6 Å². The van der Waals surface area contributed by atoms with E-state index >= 15 is 0 Å². The van der Waals surface area contributed by atoms with Gasteiger partial charge in [-0.2, -0.15) is 0 Å². The number of rotatable bonds is 25. The number of carbonyl (C=O) groups excluding carboxylic acids is 3. The lowest BCUT2D eigenvalue weighted by Gasteiger charge is -2.22. The standard InChI is InChI=1S/C34H57NO7/c1-4-5-6-7-8-9-10-11-12-13-14-15-16-17-21-24-31(37)42-30(25-36)27-40-33(38)32(28(2)3)35-34(39)41-26-29-22-19-18-20-23-29/h18-20,22-23,28,30,32,36H,4-17,21,24-27H2,1-3H3,(H,35,39)/t30?,32-/m1/s1. The first-order valence-corrected chi connectivity index (χ1v) is 16.3. The fraction of sp³-hybridized carbons (Fsp3) is 0.735. The highest BCUT2D eigenvalue weighted by atomic mass is 16.6. The van der Waals surface area contributed by atoms with Crippen LogP contribution in [0, 0.1) is 5.92 Å². The molecule has 8 heteroatoms. The van der Waals surface area contributed by atoms with Crippen LogP contribution in [0.2, 0.25) is 0 Å². The highest BCUT2D eigenvalue weighted by Crippen LogP contribution is 2.14. The molecule has 1 amide bonds. The Bertz CT molecular complexity index is 830. The highest BCUT2D eigenvalue weighted by molar-refractivity contribution is 5.81. The van der Waals surface area contributed by atoms with Gasteiger partial charge in [-0.25, -0.2) is 9.59 Å². The highest BCUT2D eigenvalue weighted by Gasteiger charge is 2.27. The van der Waals surface area contributed by atoms with Gasteiger partial charge in [0.1, 0.15) is 19.3 Å². The Morgan fingerprint density at radius 3 is 1.79 bits per heavy atom. The average molecular weight is 592 g/mol. The molecule has 42 heavy (non-hydrogen) atoms. The van der Waals surface area contributed by atoms with Crippen LogP contribution in [0.5, 0.6) is 0 Å². The first kappa shape index (κ1) is 37.4. The van der Waals surface area contributed by atoms with Crippen molar-refractivity contribution in [3.63, 3.8) is 0 Å². The quantitative estimate of drug-likeness (QED) is 0.0682. The van der Waals surface area contributed by atoms with Crippen molar-refractivity contribution in [1.82, 2.24) is 5.32 Å². The summed E-state index contributed by atoms with van der Waals surface area (Å²) in [5.74, 6) is -1.36. The molecule has 2 atom stereocenters. The molecule has 0 bridgehead atoms. The molecular formula is C34H57NO7. The van der Waals surface area contributed by atoms with Crippen molar-refractivity contribution in [3.8, 4) is 0 Å². The number of hydrogen-bond acceptors (Lipinski definition) is 7. The molecule has 0 heterocycles. The summed E-state index contributed by atoms with van der Waals surface area (Å²) < 4.78 is 15.8. The summed E-state index contributed by atoms with van der Waals surface area (Å²) >= 11 is 0. The number of benzene rings is 1. The molecule has 0 aliphatic rings. The molecule has 0 spiro atoms. The number of alkyl carbamates (subject to hydrolysis) is 1. The van der Waals surface area contributed by atoms with Gasteiger partial charge in [0, 0.05) is 6.42 Å². The zero-order valence-corrected chi connectivity index (χ0v) is 26.5. The van der Waals surface area contributed by atoms with E-state index in [1.54, 1.807) is 13.8 Å². The molecule has 2 N–H and O–H groups in total. The van der Waals surface area contributed by atoms with Gasteiger partial charge in [-0.15, -0.1) is 0 Å². The Labute approximate surface area is 254 Å². The molecule has 0 aromatic heterocycles. The van der Waals surface area contributed by atoms with Crippen LogP contribution in [0.3, 0.4) is 0 Å². The lowest BCUT2D eigenvalue weighted by Crippen LogP contribution is -2.46. The number of aliphatic hydroxyl groups excluding tert-OH is 1. The van der Waals surface area contributed by atoms with Gasteiger partial charge in [0.15, 0.2) is 6.10 Å². The molecule has 0 saturated heterocycles. The summed E-state index contributed by atoms with van der Waals surface area (Å²) in [7, 11) is 0. The van der Waals surface area contributed by atoms with E-state index in [9.17, 15) is 19.5 Å². The van der Waals surface area contributed by atoms with Gasteiger partial charge in [-0.05, 0) is 17.9 Å². The molecule has 0 fully saturated rings. The second-order valence-electron chi connectivity index (χ2n) is 11.6. The maximum absolute atomic E-state index is 12.6. The van der Waals surface area contributed by atoms with Crippen molar-refractivity contribution in [2.24, 2.45) is 5.92 Å². The predicted molar refractivity (Wildman–Crippen MR) is 166 cm³/mol. The Morgan fingerprint density at radius 2 is 1.29 bits per heavy atom. The third-order valence-electron chi connectivity index (χ3n) is 7.30. The summed E-state index contributed by atoms with van der Waals surface area (Å²) in [4.78, 5) is 37.0. The fourth-order valence-corrected chi connectivity index (χ4v) is 4.66. The summed E-state index contributed by atoms with van der Waals surface area (Å²) in [5, 5.41) is 12.1. The Hall–Kier alpha value is -2.61. The van der Waals surface area contributed by atoms with E-state index in [0.717, 1.165) is 24.8 Å². The van der Waals surface area contributed by atoms with Crippen LogP contribution in [0.4, 0.5) is 4.79 Å². The number of hydrogen-bond donors (Lipinski definition) is 2. The maximum Gasteiger partial charge on any atom is 0.408 e. The van der Waals surface area contributed by atoms with E-state index in [0.29, 0.717) is 0 Å². The number of carbonyl (C=O) groups is 3. The lowest BCUT2D eigenvalue weighted by molar-refractivity contribution is -0.163. The minimum Gasteiger partial charge on any atom is -0.460 e. The van der Waals surface area contributed by atoms with Gasteiger partial charge in [-0.1, -0.05) is 141 Å². The summed E-state index contributed by atoms with van der Waals surface area (Å²) in [6, 6.07) is 8.27. The first-order valence-electron chi connectivity index (χ1n) is 16.3. The molecule has 0 aliphatic carbocycles.